The van der Waals surface area contributed by atoms with Crippen LogP contribution in [0.5, 0.6) is 0 Å². The van der Waals surface area contributed by atoms with Gasteiger partial charge in [-0.15, -0.1) is 11.6 Å². The highest BCUT2D eigenvalue weighted by molar-refractivity contribution is 6.34. The Bertz CT molecular complexity index is 366. The number of alkyl halides is 1. The highest BCUT2D eigenvalue weighted by atomic mass is 35.5. The summed E-state index contributed by atoms with van der Waals surface area (Å²) >= 11 is 11.0. The van der Waals surface area contributed by atoms with E-state index in [2.05, 4.69) is 5.32 Å². The second-order valence-electron chi connectivity index (χ2n) is 2.49. The zero-order valence-electron chi connectivity index (χ0n) is 7.09. The standard InChI is InChI=1S/C9H7Cl2NO2/c10-5-8(13)12-9(14)6-3-1-2-4-7(6)11/h1-4H,5H2,(H,12,13,14). The largest absolute Gasteiger partial charge is 0.291 e. The Kier molecular flexibility index (Phi) is 3.92. The fourth-order valence-electron chi connectivity index (χ4n) is 0.873. The third kappa shape index (κ3) is 2.72. The maximum Gasteiger partial charge on any atom is 0.259 e. The number of hydrogen-bond donors (Lipinski definition) is 1. The molecule has 0 fully saturated rings. The zero-order chi connectivity index (χ0) is 10.6. The van der Waals surface area contributed by atoms with E-state index >= 15 is 0 Å². The van der Waals surface area contributed by atoms with Crippen molar-refractivity contribution >= 4 is 35.0 Å². The van der Waals surface area contributed by atoms with Crippen LogP contribution in [-0.4, -0.2) is 17.7 Å². The number of benzene rings is 1. The molecule has 2 amide bonds. The van der Waals surface area contributed by atoms with E-state index in [1.165, 1.54) is 6.07 Å². The lowest BCUT2D eigenvalue weighted by Gasteiger charge is -2.03. The number of halogens is 2. The number of nitrogens with one attached hydrogen (secondary N) is 1. The van der Waals surface area contributed by atoms with Gasteiger partial charge in [-0.3, -0.25) is 14.9 Å². The number of carbonyl (C=O) groups is 2. The minimum atomic E-state index is -0.545. The number of imide groups is 1. The van der Waals surface area contributed by atoms with Crippen molar-refractivity contribution < 1.29 is 9.59 Å². The lowest BCUT2D eigenvalue weighted by Crippen LogP contribution is -2.31. The summed E-state index contributed by atoms with van der Waals surface area (Å²) in [4.78, 5) is 22.2. The van der Waals surface area contributed by atoms with Crippen molar-refractivity contribution in [2.75, 3.05) is 5.88 Å². The van der Waals surface area contributed by atoms with Crippen molar-refractivity contribution in [1.29, 1.82) is 0 Å². The van der Waals surface area contributed by atoms with Gasteiger partial charge in [-0.1, -0.05) is 23.7 Å². The average Bonchev–Trinajstić information content (AvgIpc) is 2.18. The fraction of sp³-hybridized carbons (Fsp3) is 0.111. The van der Waals surface area contributed by atoms with Crippen molar-refractivity contribution in [2.45, 2.75) is 0 Å². The summed E-state index contributed by atoms with van der Waals surface area (Å²) in [7, 11) is 0. The molecule has 0 radical (unpaired) electrons. The van der Waals surface area contributed by atoms with Crippen LogP contribution in [0.15, 0.2) is 24.3 Å². The molecule has 0 saturated carbocycles. The molecule has 0 heterocycles. The molecule has 74 valence electrons. The summed E-state index contributed by atoms with van der Waals surface area (Å²) < 4.78 is 0. The first-order valence-electron chi connectivity index (χ1n) is 3.80. The summed E-state index contributed by atoms with van der Waals surface area (Å²) in [6, 6.07) is 6.45. The number of hydrogen-bond acceptors (Lipinski definition) is 2. The summed E-state index contributed by atoms with van der Waals surface area (Å²) in [5.41, 5.74) is 0.257. The van der Waals surface area contributed by atoms with E-state index < -0.39 is 11.8 Å². The normalized spacial score (nSPS) is 9.57. The van der Waals surface area contributed by atoms with Gasteiger partial charge in [0.05, 0.1) is 10.6 Å². The van der Waals surface area contributed by atoms with Gasteiger partial charge in [0.25, 0.3) is 5.91 Å². The third-order valence-corrected chi connectivity index (χ3v) is 2.07. The minimum absolute atomic E-state index is 0.254. The van der Waals surface area contributed by atoms with Gasteiger partial charge in [-0.25, -0.2) is 0 Å². The van der Waals surface area contributed by atoms with Gasteiger partial charge in [-0.05, 0) is 12.1 Å². The van der Waals surface area contributed by atoms with E-state index in [0.717, 1.165) is 0 Å². The second-order valence-corrected chi connectivity index (χ2v) is 3.17. The molecule has 0 aliphatic heterocycles. The van der Waals surface area contributed by atoms with Crippen LogP contribution in [0.3, 0.4) is 0 Å². The number of carbonyl (C=O) groups excluding carboxylic acids is 2. The molecular formula is C9H7Cl2NO2. The molecule has 0 aliphatic rings. The van der Waals surface area contributed by atoms with Gasteiger partial charge in [-0.2, -0.15) is 0 Å². The summed E-state index contributed by atoms with van der Waals surface area (Å²) in [5.74, 6) is -1.34. The monoisotopic (exact) mass is 231 g/mol. The van der Waals surface area contributed by atoms with Gasteiger partial charge >= 0.3 is 0 Å². The van der Waals surface area contributed by atoms with Crippen LogP contribution in [0.2, 0.25) is 5.02 Å². The maximum atomic E-state index is 11.4. The van der Waals surface area contributed by atoms with Crippen molar-refractivity contribution in [3.05, 3.63) is 34.9 Å². The maximum absolute atomic E-state index is 11.4. The molecule has 0 saturated heterocycles. The van der Waals surface area contributed by atoms with Crippen LogP contribution in [0.4, 0.5) is 0 Å². The molecule has 14 heavy (non-hydrogen) atoms. The van der Waals surface area contributed by atoms with Crippen LogP contribution in [-0.2, 0) is 4.79 Å². The molecule has 0 atom stereocenters. The van der Waals surface area contributed by atoms with Gasteiger partial charge in [0, 0.05) is 0 Å². The Balaban J connectivity index is 2.80. The lowest BCUT2D eigenvalue weighted by molar-refractivity contribution is -0.117. The number of rotatable bonds is 2. The highest BCUT2D eigenvalue weighted by Gasteiger charge is 2.11. The molecule has 3 nitrogen and oxygen atoms in total. The zero-order valence-corrected chi connectivity index (χ0v) is 8.60. The molecule has 0 unspecified atom stereocenters. The van der Waals surface area contributed by atoms with Gasteiger partial charge in [0.1, 0.15) is 5.88 Å². The minimum Gasteiger partial charge on any atom is -0.291 e. The molecule has 0 bridgehead atoms. The topological polar surface area (TPSA) is 46.2 Å². The quantitative estimate of drug-likeness (QED) is 0.790. The van der Waals surface area contributed by atoms with Crippen LogP contribution in [0, 0.1) is 0 Å². The predicted octanol–water partition coefficient (Wildman–Crippen LogP) is 1.84. The molecule has 1 rings (SSSR count). The van der Waals surface area contributed by atoms with E-state index in [-0.39, 0.29) is 11.4 Å². The molecule has 1 N–H and O–H groups in total. The van der Waals surface area contributed by atoms with Gasteiger partial charge in [0.2, 0.25) is 5.91 Å². The Hall–Kier alpha value is -1.06. The fourth-order valence-corrected chi connectivity index (χ4v) is 1.16. The molecule has 5 heteroatoms. The van der Waals surface area contributed by atoms with Crippen molar-refractivity contribution in [3.63, 3.8) is 0 Å². The Morgan fingerprint density at radius 1 is 1.29 bits per heavy atom. The van der Waals surface area contributed by atoms with Crippen LogP contribution < -0.4 is 5.32 Å². The lowest BCUT2D eigenvalue weighted by atomic mass is 10.2. The van der Waals surface area contributed by atoms with E-state index in [0.29, 0.717) is 5.02 Å². The third-order valence-electron chi connectivity index (χ3n) is 1.49. The van der Waals surface area contributed by atoms with Gasteiger partial charge in [0.15, 0.2) is 0 Å². The van der Waals surface area contributed by atoms with E-state index in [9.17, 15) is 9.59 Å². The predicted molar refractivity (Wildman–Crippen MR) is 54.6 cm³/mol. The van der Waals surface area contributed by atoms with Crippen LogP contribution in [0.1, 0.15) is 10.4 Å². The van der Waals surface area contributed by atoms with Gasteiger partial charge < -0.3 is 0 Å². The summed E-state index contributed by atoms with van der Waals surface area (Å²) in [6.07, 6.45) is 0. The SMILES string of the molecule is O=C(CCl)NC(=O)c1ccccc1Cl. The van der Waals surface area contributed by atoms with Crippen LogP contribution in [0.25, 0.3) is 0 Å². The average molecular weight is 232 g/mol. The molecular weight excluding hydrogens is 225 g/mol. The Morgan fingerprint density at radius 2 is 1.93 bits per heavy atom. The highest BCUT2D eigenvalue weighted by Crippen LogP contribution is 2.14. The smallest absolute Gasteiger partial charge is 0.259 e. The second kappa shape index (κ2) is 4.98. The molecule has 1 aromatic rings. The molecule has 0 spiro atoms. The molecule has 0 aliphatic carbocycles. The first-order valence-corrected chi connectivity index (χ1v) is 4.71. The summed E-state index contributed by atoms with van der Waals surface area (Å²) in [5, 5.41) is 2.39. The van der Waals surface area contributed by atoms with E-state index in [1.54, 1.807) is 18.2 Å². The summed E-state index contributed by atoms with van der Waals surface area (Å²) in [6.45, 7) is 0. The number of amides is 2. The van der Waals surface area contributed by atoms with Crippen molar-refractivity contribution in [3.8, 4) is 0 Å². The van der Waals surface area contributed by atoms with Crippen LogP contribution >= 0.6 is 23.2 Å². The van der Waals surface area contributed by atoms with Crippen molar-refractivity contribution in [1.82, 2.24) is 5.32 Å². The first kappa shape index (κ1) is 11.0. The molecule has 0 aromatic heterocycles. The van der Waals surface area contributed by atoms with E-state index in [4.69, 9.17) is 23.2 Å². The Labute approximate surface area is 91.0 Å². The first-order chi connectivity index (χ1) is 6.65. The Morgan fingerprint density at radius 3 is 2.50 bits per heavy atom. The van der Waals surface area contributed by atoms with E-state index in [1.807, 2.05) is 0 Å². The molecule has 1 aromatic carbocycles. The van der Waals surface area contributed by atoms with Crippen molar-refractivity contribution in [2.24, 2.45) is 0 Å².